The molecule has 0 atom stereocenters. The monoisotopic (exact) mass is 374 g/mol. The van der Waals surface area contributed by atoms with Gasteiger partial charge in [0.05, 0.1) is 13.7 Å². The smallest absolute Gasteiger partial charge is 0.185 e. The number of rotatable bonds is 7. The number of benzene rings is 2. The molecule has 0 aliphatic rings. The van der Waals surface area contributed by atoms with Gasteiger partial charge in [0.2, 0.25) is 0 Å². The Morgan fingerprint density at radius 2 is 1.91 bits per heavy atom. The van der Waals surface area contributed by atoms with Crippen molar-refractivity contribution in [3.63, 3.8) is 0 Å². The number of ether oxygens (including phenoxy) is 2. The predicted molar refractivity (Wildman–Crippen MR) is 95.8 cm³/mol. The van der Waals surface area contributed by atoms with Gasteiger partial charge in [-0.05, 0) is 55.0 Å². The van der Waals surface area contributed by atoms with Gasteiger partial charge in [0.15, 0.2) is 5.78 Å². The molecule has 0 saturated carbocycles. The molecule has 23 heavy (non-hydrogen) atoms. The Balaban J connectivity index is 2.15. The van der Waals surface area contributed by atoms with Gasteiger partial charge in [-0.15, -0.1) is 0 Å². The first-order chi connectivity index (χ1) is 11.1. The lowest BCUT2D eigenvalue weighted by atomic mass is 10.1. The molecule has 0 amide bonds. The molecule has 0 N–H and O–H groups in total. The number of allylic oxidation sites excluding steroid dienone is 1. The Labute approximate surface area is 145 Å². The lowest BCUT2D eigenvalue weighted by Gasteiger charge is -2.09. The molecule has 0 spiro atoms. The summed E-state index contributed by atoms with van der Waals surface area (Å²) in [6.07, 6.45) is 3.38. The third-order valence-electron chi connectivity index (χ3n) is 3.32. The first-order valence-corrected chi connectivity index (χ1v) is 8.16. The summed E-state index contributed by atoms with van der Waals surface area (Å²) in [6.45, 7) is 3.08. The largest absolute Gasteiger partial charge is 0.496 e. The van der Waals surface area contributed by atoms with Crippen molar-refractivity contribution in [3.8, 4) is 5.75 Å². The van der Waals surface area contributed by atoms with E-state index in [1.165, 1.54) is 0 Å². The summed E-state index contributed by atoms with van der Waals surface area (Å²) in [5, 5.41) is 0. The fourth-order valence-corrected chi connectivity index (χ4v) is 2.37. The van der Waals surface area contributed by atoms with Crippen LogP contribution in [0.15, 0.2) is 53.0 Å². The van der Waals surface area contributed by atoms with E-state index in [4.69, 9.17) is 9.47 Å². The minimum Gasteiger partial charge on any atom is -0.496 e. The van der Waals surface area contributed by atoms with Crippen LogP contribution >= 0.6 is 15.9 Å². The van der Waals surface area contributed by atoms with Crippen LogP contribution < -0.4 is 4.74 Å². The van der Waals surface area contributed by atoms with Crippen LogP contribution in [0.1, 0.15) is 28.4 Å². The van der Waals surface area contributed by atoms with Crippen molar-refractivity contribution < 1.29 is 14.3 Å². The number of ketones is 1. The summed E-state index contributed by atoms with van der Waals surface area (Å²) >= 11 is 3.36. The maximum atomic E-state index is 12.2. The van der Waals surface area contributed by atoms with Crippen LogP contribution in [0.2, 0.25) is 0 Å². The highest BCUT2D eigenvalue weighted by Gasteiger charge is 2.05. The second kappa shape index (κ2) is 8.65. The van der Waals surface area contributed by atoms with Crippen LogP contribution in [0.4, 0.5) is 0 Å². The van der Waals surface area contributed by atoms with Crippen molar-refractivity contribution in [1.29, 1.82) is 0 Å². The molecule has 0 aromatic heterocycles. The zero-order valence-corrected chi connectivity index (χ0v) is 14.8. The lowest BCUT2D eigenvalue weighted by molar-refractivity contribution is 0.104. The first kappa shape index (κ1) is 17.4. The third kappa shape index (κ3) is 5.05. The van der Waals surface area contributed by atoms with E-state index in [1.54, 1.807) is 31.4 Å². The van der Waals surface area contributed by atoms with E-state index in [0.29, 0.717) is 18.8 Å². The fraction of sp³-hybridized carbons (Fsp3) is 0.211. The molecule has 0 fully saturated rings. The average Bonchev–Trinajstić information content (AvgIpc) is 2.58. The molecule has 4 heteroatoms. The van der Waals surface area contributed by atoms with Crippen LogP contribution in [-0.2, 0) is 11.3 Å². The standard InChI is InChI=1S/C19H19BrO3/c1-3-23-13-16-12-14(5-11-19(16)22-2)4-10-18(21)15-6-8-17(20)9-7-15/h4-12H,3,13H2,1-2H3/b10-4+. The van der Waals surface area contributed by atoms with Crippen molar-refractivity contribution in [3.05, 3.63) is 69.7 Å². The molecule has 3 nitrogen and oxygen atoms in total. The third-order valence-corrected chi connectivity index (χ3v) is 3.85. The first-order valence-electron chi connectivity index (χ1n) is 7.36. The summed E-state index contributed by atoms with van der Waals surface area (Å²) in [6, 6.07) is 13.1. The SMILES string of the molecule is CCOCc1cc(/C=C/C(=O)c2ccc(Br)cc2)ccc1OC. The Morgan fingerprint density at radius 1 is 1.17 bits per heavy atom. The van der Waals surface area contributed by atoms with Gasteiger partial charge in [-0.25, -0.2) is 0 Å². The van der Waals surface area contributed by atoms with E-state index in [9.17, 15) is 4.79 Å². The number of carbonyl (C=O) groups excluding carboxylic acids is 1. The van der Waals surface area contributed by atoms with Gasteiger partial charge in [-0.3, -0.25) is 4.79 Å². The van der Waals surface area contributed by atoms with E-state index >= 15 is 0 Å². The van der Waals surface area contributed by atoms with Gasteiger partial charge in [0.1, 0.15) is 5.75 Å². The second-order valence-electron chi connectivity index (χ2n) is 4.91. The van der Waals surface area contributed by atoms with Crippen molar-refractivity contribution >= 4 is 27.8 Å². The summed E-state index contributed by atoms with van der Waals surface area (Å²) in [5.41, 5.74) is 2.56. The molecule has 2 aromatic rings. The van der Waals surface area contributed by atoms with E-state index in [1.807, 2.05) is 37.3 Å². The average molecular weight is 375 g/mol. The Bertz CT molecular complexity index is 690. The molecule has 0 unspecified atom stereocenters. The minimum absolute atomic E-state index is 0.0281. The Morgan fingerprint density at radius 3 is 2.57 bits per heavy atom. The Kier molecular flexibility index (Phi) is 6.56. The van der Waals surface area contributed by atoms with Crippen LogP contribution in [0.5, 0.6) is 5.75 Å². The summed E-state index contributed by atoms with van der Waals surface area (Å²) < 4.78 is 11.7. The fourth-order valence-electron chi connectivity index (χ4n) is 2.11. The molecule has 0 bridgehead atoms. The van der Waals surface area contributed by atoms with Gasteiger partial charge >= 0.3 is 0 Å². The van der Waals surface area contributed by atoms with Gasteiger partial charge < -0.3 is 9.47 Å². The van der Waals surface area contributed by atoms with Crippen LogP contribution in [0.25, 0.3) is 6.08 Å². The lowest BCUT2D eigenvalue weighted by Crippen LogP contribution is -1.97. The number of methoxy groups -OCH3 is 1. The summed E-state index contributed by atoms with van der Waals surface area (Å²) in [5.74, 6) is 0.759. The summed E-state index contributed by atoms with van der Waals surface area (Å²) in [4.78, 5) is 12.2. The number of hydrogen-bond donors (Lipinski definition) is 0. The molecule has 0 aliphatic heterocycles. The highest BCUT2D eigenvalue weighted by molar-refractivity contribution is 9.10. The van der Waals surface area contributed by atoms with Gasteiger partial charge in [-0.1, -0.05) is 28.1 Å². The van der Waals surface area contributed by atoms with Crippen LogP contribution in [-0.4, -0.2) is 19.5 Å². The molecular formula is C19H19BrO3. The summed E-state index contributed by atoms with van der Waals surface area (Å²) in [7, 11) is 1.64. The van der Waals surface area contributed by atoms with Gasteiger partial charge in [0.25, 0.3) is 0 Å². The number of hydrogen-bond acceptors (Lipinski definition) is 3. The van der Waals surface area contributed by atoms with Gasteiger partial charge in [0, 0.05) is 22.2 Å². The van der Waals surface area contributed by atoms with Crippen molar-refractivity contribution in [2.24, 2.45) is 0 Å². The highest BCUT2D eigenvalue weighted by Crippen LogP contribution is 2.22. The topological polar surface area (TPSA) is 35.5 Å². The zero-order chi connectivity index (χ0) is 16.7. The maximum absolute atomic E-state index is 12.2. The molecule has 0 saturated heterocycles. The predicted octanol–water partition coefficient (Wildman–Crippen LogP) is 4.89. The zero-order valence-electron chi connectivity index (χ0n) is 13.2. The van der Waals surface area contributed by atoms with E-state index < -0.39 is 0 Å². The molecule has 120 valence electrons. The molecule has 2 aromatic carbocycles. The van der Waals surface area contributed by atoms with Crippen molar-refractivity contribution in [1.82, 2.24) is 0 Å². The number of carbonyl (C=O) groups is 1. The maximum Gasteiger partial charge on any atom is 0.185 e. The quantitative estimate of drug-likeness (QED) is 0.511. The van der Waals surface area contributed by atoms with Crippen LogP contribution in [0.3, 0.4) is 0 Å². The Hall–Kier alpha value is -1.91. The normalized spacial score (nSPS) is 10.9. The van der Waals surface area contributed by atoms with Crippen LogP contribution in [0, 0.1) is 0 Å². The van der Waals surface area contributed by atoms with E-state index in [-0.39, 0.29) is 5.78 Å². The molecule has 0 radical (unpaired) electrons. The van der Waals surface area contributed by atoms with E-state index in [0.717, 1.165) is 21.3 Å². The molecule has 0 heterocycles. The van der Waals surface area contributed by atoms with Crippen molar-refractivity contribution in [2.45, 2.75) is 13.5 Å². The molecular weight excluding hydrogens is 356 g/mol. The minimum atomic E-state index is -0.0281. The molecule has 2 rings (SSSR count). The molecule has 0 aliphatic carbocycles. The number of halogens is 1. The van der Waals surface area contributed by atoms with E-state index in [2.05, 4.69) is 15.9 Å². The van der Waals surface area contributed by atoms with Gasteiger partial charge in [-0.2, -0.15) is 0 Å². The highest BCUT2D eigenvalue weighted by atomic mass is 79.9. The van der Waals surface area contributed by atoms with Crippen molar-refractivity contribution in [2.75, 3.05) is 13.7 Å². The second-order valence-corrected chi connectivity index (χ2v) is 5.83.